The molecule has 3 unspecified atom stereocenters. The highest BCUT2D eigenvalue weighted by Crippen LogP contribution is 2.45. The Labute approximate surface area is 94.1 Å². The fourth-order valence-corrected chi connectivity index (χ4v) is 2.54. The summed E-state index contributed by atoms with van der Waals surface area (Å²) in [5.41, 5.74) is 0.745. The number of hydrogen-bond donors (Lipinski definition) is 1. The lowest BCUT2D eigenvalue weighted by Crippen LogP contribution is -2.39. The Kier molecular flexibility index (Phi) is 2.98. The lowest BCUT2D eigenvalue weighted by Gasteiger charge is -2.41. The summed E-state index contributed by atoms with van der Waals surface area (Å²) in [6.45, 7) is 3.51. The van der Waals surface area contributed by atoms with Gasteiger partial charge in [0, 0.05) is 0 Å². The molecule has 0 radical (unpaired) electrons. The Hall–Kier alpha value is -0.960. The van der Waals surface area contributed by atoms with Crippen molar-refractivity contribution in [3.8, 4) is 0 Å². The molecule has 0 bridgehead atoms. The summed E-state index contributed by atoms with van der Waals surface area (Å²) in [6, 6.07) is 2.52. The second kappa shape index (κ2) is 4.13. The molecular formula is C13H16F2O. The number of aliphatic hydroxyl groups is 1. The van der Waals surface area contributed by atoms with Crippen LogP contribution < -0.4 is 0 Å². The second-order valence-electron chi connectivity index (χ2n) is 4.60. The predicted octanol–water partition coefficient (Wildman–Crippen LogP) is 3.15. The first-order valence-corrected chi connectivity index (χ1v) is 5.68. The van der Waals surface area contributed by atoms with Gasteiger partial charge >= 0.3 is 0 Å². The van der Waals surface area contributed by atoms with Crippen molar-refractivity contribution in [1.29, 1.82) is 0 Å². The van der Waals surface area contributed by atoms with E-state index in [2.05, 4.69) is 0 Å². The van der Waals surface area contributed by atoms with Crippen molar-refractivity contribution >= 4 is 0 Å². The van der Waals surface area contributed by atoms with Crippen LogP contribution in [0.25, 0.3) is 0 Å². The molecule has 0 aromatic heterocycles. The maximum absolute atomic E-state index is 13.7. The standard InChI is InChI=1S/C13H16F2O/c1-3-8-9(6-13(8)16)10-5-11(14)7(2)4-12(10)15/h4-5,8-9,13,16H,3,6H2,1-2H3. The highest BCUT2D eigenvalue weighted by molar-refractivity contribution is 5.30. The Balaban J connectivity index is 2.31. The molecule has 88 valence electrons. The minimum absolute atomic E-state index is 0.0323. The van der Waals surface area contributed by atoms with E-state index < -0.39 is 0 Å². The third-order valence-electron chi connectivity index (χ3n) is 3.66. The third-order valence-corrected chi connectivity index (χ3v) is 3.66. The van der Waals surface area contributed by atoms with E-state index in [0.29, 0.717) is 17.5 Å². The summed E-state index contributed by atoms with van der Waals surface area (Å²) < 4.78 is 27.1. The lowest BCUT2D eigenvalue weighted by atomic mass is 9.66. The fourth-order valence-electron chi connectivity index (χ4n) is 2.54. The number of benzene rings is 1. The molecule has 3 heteroatoms. The molecule has 0 amide bonds. The molecule has 1 N–H and O–H groups in total. The molecule has 1 fully saturated rings. The van der Waals surface area contributed by atoms with E-state index in [9.17, 15) is 13.9 Å². The van der Waals surface area contributed by atoms with Crippen LogP contribution in [0.1, 0.15) is 36.8 Å². The second-order valence-corrected chi connectivity index (χ2v) is 4.60. The van der Waals surface area contributed by atoms with Gasteiger partial charge in [0.1, 0.15) is 11.6 Å². The van der Waals surface area contributed by atoms with Crippen LogP contribution in [0.4, 0.5) is 8.78 Å². The Morgan fingerprint density at radius 3 is 2.56 bits per heavy atom. The zero-order chi connectivity index (χ0) is 11.9. The van der Waals surface area contributed by atoms with Gasteiger partial charge in [0.05, 0.1) is 6.10 Å². The molecule has 1 aromatic carbocycles. The molecule has 3 atom stereocenters. The highest BCUT2D eigenvalue weighted by Gasteiger charge is 2.40. The van der Waals surface area contributed by atoms with Crippen molar-refractivity contribution in [3.05, 3.63) is 34.9 Å². The van der Waals surface area contributed by atoms with Gasteiger partial charge in [-0.3, -0.25) is 0 Å². The smallest absolute Gasteiger partial charge is 0.127 e. The van der Waals surface area contributed by atoms with Gasteiger partial charge < -0.3 is 5.11 Å². The molecule has 1 saturated carbocycles. The van der Waals surface area contributed by atoms with Crippen molar-refractivity contribution in [3.63, 3.8) is 0 Å². The van der Waals surface area contributed by atoms with E-state index in [1.54, 1.807) is 6.92 Å². The van der Waals surface area contributed by atoms with E-state index in [4.69, 9.17) is 0 Å². The average molecular weight is 226 g/mol. The quantitative estimate of drug-likeness (QED) is 0.821. The van der Waals surface area contributed by atoms with Crippen molar-refractivity contribution in [1.82, 2.24) is 0 Å². The number of hydrogen-bond acceptors (Lipinski definition) is 1. The monoisotopic (exact) mass is 226 g/mol. The van der Waals surface area contributed by atoms with Crippen molar-refractivity contribution in [2.45, 2.75) is 38.7 Å². The predicted molar refractivity (Wildman–Crippen MR) is 58.2 cm³/mol. The Morgan fingerprint density at radius 1 is 1.31 bits per heavy atom. The maximum Gasteiger partial charge on any atom is 0.127 e. The van der Waals surface area contributed by atoms with E-state index in [0.717, 1.165) is 6.42 Å². The molecule has 0 saturated heterocycles. The van der Waals surface area contributed by atoms with Crippen LogP contribution in [0, 0.1) is 24.5 Å². The first kappa shape index (κ1) is 11.5. The maximum atomic E-state index is 13.7. The topological polar surface area (TPSA) is 20.2 Å². The first-order chi connectivity index (χ1) is 7.54. The SMILES string of the molecule is CCC1C(O)CC1c1cc(F)c(C)cc1F. The number of rotatable bonds is 2. The van der Waals surface area contributed by atoms with Crippen LogP contribution in [0.5, 0.6) is 0 Å². The molecule has 1 aliphatic rings. The molecule has 2 rings (SSSR count). The Morgan fingerprint density at radius 2 is 2.00 bits per heavy atom. The summed E-state index contributed by atoms with van der Waals surface area (Å²) >= 11 is 0. The van der Waals surface area contributed by atoms with Crippen LogP contribution in [-0.4, -0.2) is 11.2 Å². The zero-order valence-corrected chi connectivity index (χ0v) is 9.50. The van der Waals surface area contributed by atoms with Gasteiger partial charge in [-0.25, -0.2) is 8.78 Å². The molecule has 1 aliphatic carbocycles. The van der Waals surface area contributed by atoms with Crippen LogP contribution in [0.2, 0.25) is 0 Å². The van der Waals surface area contributed by atoms with E-state index in [1.165, 1.54) is 12.1 Å². The normalized spacial score (nSPS) is 28.9. The van der Waals surface area contributed by atoms with Crippen LogP contribution in [0.15, 0.2) is 12.1 Å². The van der Waals surface area contributed by atoms with E-state index in [-0.39, 0.29) is 29.6 Å². The van der Waals surface area contributed by atoms with Gasteiger partial charge in [-0.2, -0.15) is 0 Å². The van der Waals surface area contributed by atoms with Crippen molar-refractivity contribution in [2.24, 2.45) is 5.92 Å². The molecule has 0 aliphatic heterocycles. The summed E-state index contributed by atoms with van der Waals surface area (Å²) in [5, 5.41) is 9.54. The third kappa shape index (κ3) is 1.73. The highest BCUT2D eigenvalue weighted by atomic mass is 19.1. The molecule has 0 heterocycles. The molecular weight excluding hydrogens is 210 g/mol. The molecule has 1 nitrogen and oxygen atoms in total. The zero-order valence-electron chi connectivity index (χ0n) is 9.50. The van der Waals surface area contributed by atoms with Crippen LogP contribution in [-0.2, 0) is 0 Å². The minimum Gasteiger partial charge on any atom is -0.393 e. The number of halogens is 2. The number of aryl methyl sites for hydroxylation is 1. The van der Waals surface area contributed by atoms with Crippen molar-refractivity contribution in [2.75, 3.05) is 0 Å². The minimum atomic E-state index is -0.368. The van der Waals surface area contributed by atoms with Gasteiger partial charge in [-0.1, -0.05) is 13.3 Å². The summed E-state index contributed by atoms with van der Waals surface area (Å²) in [7, 11) is 0. The Bertz CT molecular complexity index is 403. The molecule has 16 heavy (non-hydrogen) atoms. The lowest BCUT2D eigenvalue weighted by molar-refractivity contribution is -0.00193. The molecule has 1 aromatic rings. The van der Waals surface area contributed by atoms with Gasteiger partial charge in [-0.15, -0.1) is 0 Å². The van der Waals surface area contributed by atoms with Gasteiger partial charge in [0.25, 0.3) is 0 Å². The summed E-state index contributed by atoms with van der Waals surface area (Å²) in [5.74, 6) is -0.686. The fraction of sp³-hybridized carbons (Fsp3) is 0.538. The number of aliphatic hydroxyl groups excluding tert-OH is 1. The van der Waals surface area contributed by atoms with E-state index >= 15 is 0 Å². The summed E-state index contributed by atoms with van der Waals surface area (Å²) in [4.78, 5) is 0. The first-order valence-electron chi connectivity index (χ1n) is 5.68. The average Bonchev–Trinajstić information content (AvgIpc) is 2.21. The van der Waals surface area contributed by atoms with Crippen LogP contribution in [0.3, 0.4) is 0 Å². The van der Waals surface area contributed by atoms with Gasteiger partial charge in [0.2, 0.25) is 0 Å². The van der Waals surface area contributed by atoms with Crippen molar-refractivity contribution < 1.29 is 13.9 Å². The largest absolute Gasteiger partial charge is 0.393 e. The van der Waals surface area contributed by atoms with E-state index in [1.807, 2.05) is 6.92 Å². The van der Waals surface area contributed by atoms with Gasteiger partial charge in [-0.05, 0) is 48.4 Å². The van der Waals surface area contributed by atoms with Crippen LogP contribution >= 0.6 is 0 Å². The summed E-state index contributed by atoms with van der Waals surface area (Å²) in [6.07, 6.45) is 0.970. The van der Waals surface area contributed by atoms with Gasteiger partial charge in [0.15, 0.2) is 0 Å². The molecule has 0 spiro atoms.